The van der Waals surface area contributed by atoms with Gasteiger partial charge in [0.2, 0.25) is 5.91 Å². The van der Waals surface area contributed by atoms with Gasteiger partial charge in [0.25, 0.3) is 0 Å². The van der Waals surface area contributed by atoms with Crippen LogP contribution in [0.1, 0.15) is 30.3 Å². The van der Waals surface area contributed by atoms with Crippen molar-refractivity contribution in [2.75, 3.05) is 13.1 Å². The summed E-state index contributed by atoms with van der Waals surface area (Å²) < 4.78 is 2.13. The van der Waals surface area contributed by atoms with E-state index in [0.29, 0.717) is 12.5 Å². The number of imidazole rings is 1. The van der Waals surface area contributed by atoms with Crippen LogP contribution in [0.15, 0.2) is 54.6 Å². The first-order valence-electron chi connectivity index (χ1n) is 9.96. The molecule has 1 amide bonds. The van der Waals surface area contributed by atoms with Crippen molar-refractivity contribution in [1.29, 1.82) is 0 Å². The topological polar surface area (TPSA) is 53.9 Å². The van der Waals surface area contributed by atoms with Gasteiger partial charge in [0, 0.05) is 30.2 Å². The highest BCUT2D eigenvalue weighted by molar-refractivity contribution is 5.84. The molecule has 0 spiro atoms. The maximum Gasteiger partial charge on any atom is 0.242 e. The molecule has 0 atom stereocenters. The van der Waals surface area contributed by atoms with Crippen LogP contribution in [0.5, 0.6) is 0 Å². The molecule has 1 aliphatic rings. The van der Waals surface area contributed by atoms with Gasteiger partial charge in [-0.3, -0.25) is 4.79 Å². The average Bonchev–Trinajstić information content (AvgIpc) is 3.29. The van der Waals surface area contributed by atoms with Gasteiger partial charge in [0.05, 0.1) is 11.0 Å². The third kappa shape index (κ3) is 2.97. The molecule has 0 aliphatic carbocycles. The zero-order chi connectivity index (χ0) is 19.1. The monoisotopic (exact) mass is 372 g/mol. The van der Waals surface area contributed by atoms with Crippen molar-refractivity contribution in [3.63, 3.8) is 0 Å². The van der Waals surface area contributed by atoms with Gasteiger partial charge in [-0.25, -0.2) is 4.98 Å². The molecule has 1 saturated heterocycles. The Morgan fingerprint density at radius 2 is 1.86 bits per heavy atom. The van der Waals surface area contributed by atoms with Crippen molar-refractivity contribution in [2.45, 2.75) is 32.2 Å². The van der Waals surface area contributed by atoms with Crippen molar-refractivity contribution in [1.82, 2.24) is 19.4 Å². The van der Waals surface area contributed by atoms with Gasteiger partial charge in [-0.2, -0.15) is 0 Å². The number of aromatic nitrogens is 3. The van der Waals surface area contributed by atoms with E-state index in [1.807, 2.05) is 35.2 Å². The van der Waals surface area contributed by atoms with Gasteiger partial charge in [0.15, 0.2) is 0 Å². The van der Waals surface area contributed by atoms with Crippen LogP contribution in [0.2, 0.25) is 0 Å². The van der Waals surface area contributed by atoms with Crippen molar-refractivity contribution < 1.29 is 4.79 Å². The van der Waals surface area contributed by atoms with Crippen LogP contribution in [-0.2, 0) is 11.3 Å². The van der Waals surface area contributed by atoms with E-state index in [9.17, 15) is 4.79 Å². The van der Waals surface area contributed by atoms with Crippen molar-refractivity contribution in [3.8, 4) is 0 Å². The number of para-hydroxylation sites is 3. The molecule has 1 aliphatic heterocycles. The second-order valence-electron chi connectivity index (χ2n) is 7.72. The number of likely N-dealkylation sites (tertiary alicyclic amines) is 1. The number of piperidine rings is 1. The zero-order valence-electron chi connectivity index (χ0n) is 16.1. The minimum absolute atomic E-state index is 0.201. The third-order valence-electron chi connectivity index (χ3n) is 5.95. The Bertz CT molecular complexity index is 1110. The number of aromatic amines is 1. The van der Waals surface area contributed by atoms with Crippen LogP contribution < -0.4 is 0 Å². The van der Waals surface area contributed by atoms with Crippen LogP contribution >= 0.6 is 0 Å². The molecule has 142 valence electrons. The second-order valence-corrected chi connectivity index (χ2v) is 7.72. The molecule has 1 N–H and O–H groups in total. The summed E-state index contributed by atoms with van der Waals surface area (Å²) in [5.41, 5.74) is 4.37. The lowest BCUT2D eigenvalue weighted by Gasteiger charge is -2.31. The maximum atomic E-state index is 12.9. The van der Waals surface area contributed by atoms with Crippen LogP contribution in [0.3, 0.4) is 0 Å². The van der Waals surface area contributed by atoms with Gasteiger partial charge in [-0.1, -0.05) is 30.3 Å². The van der Waals surface area contributed by atoms with Crippen molar-refractivity contribution in [2.24, 2.45) is 0 Å². The largest absolute Gasteiger partial charge is 0.342 e. The molecule has 0 radical (unpaired) electrons. The number of benzene rings is 2. The SMILES string of the molecule is Cc1cc2ccccc2n1CC(=O)N1CCC(c2nc3ccccc3[nH]2)CC1. The Balaban J connectivity index is 1.27. The lowest BCUT2D eigenvalue weighted by molar-refractivity contribution is -0.132. The Morgan fingerprint density at radius 1 is 1.11 bits per heavy atom. The molecule has 5 rings (SSSR count). The van der Waals surface area contributed by atoms with Crippen LogP contribution in [-0.4, -0.2) is 38.4 Å². The van der Waals surface area contributed by atoms with Gasteiger partial charge in [-0.15, -0.1) is 0 Å². The number of carbonyl (C=O) groups is 1. The quantitative estimate of drug-likeness (QED) is 0.585. The lowest BCUT2D eigenvalue weighted by atomic mass is 9.96. The number of rotatable bonds is 3. The summed E-state index contributed by atoms with van der Waals surface area (Å²) >= 11 is 0. The average molecular weight is 372 g/mol. The number of H-pyrrole nitrogens is 1. The summed E-state index contributed by atoms with van der Waals surface area (Å²) in [6.45, 7) is 4.06. The fraction of sp³-hybridized carbons (Fsp3) is 0.304. The molecule has 1 fully saturated rings. The summed E-state index contributed by atoms with van der Waals surface area (Å²) in [6, 6.07) is 18.5. The third-order valence-corrected chi connectivity index (χ3v) is 5.95. The van der Waals surface area contributed by atoms with Crippen LogP contribution in [0, 0.1) is 6.92 Å². The Morgan fingerprint density at radius 3 is 2.68 bits per heavy atom. The van der Waals surface area contributed by atoms with E-state index in [-0.39, 0.29) is 5.91 Å². The number of nitrogens with one attached hydrogen (secondary N) is 1. The van der Waals surface area contributed by atoms with Gasteiger partial charge < -0.3 is 14.5 Å². The van der Waals surface area contributed by atoms with Gasteiger partial charge in [-0.05, 0) is 49.4 Å². The predicted octanol–water partition coefficient (Wildman–Crippen LogP) is 4.23. The lowest BCUT2D eigenvalue weighted by Crippen LogP contribution is -2.40. The molecule has 0 saturated carbocycles. The predicted molar refractivity (Wildman–Crippen MR) is 111 cm³/mol. The summed E-state index contributed by atoms with van der Waals surface area (Å²) in [5.74, 6) is 1.65. The first kappa shape index (κ1) is 17.0. The fourth-order valence-electron chi connectivity index (χ4n) is 4.36. The normalized spacial score (nSPS) is 15.5. The fourth-order valence-corrected chi connectivity index (χ4v) is 4.36. The molecule has 5 nitrogen and oxygen atoms in total. The highest BCUT2D eigenvalue weighted by atomic mass is 16.2. The zero-order valence-corrected chi connectivity index (χ0v) is 16.1. The number of hydrogen-bond donors (Lipinski definition) is 1. The van der Waals surface area contributed by atoms with Crippen molar-refractivity contribution in [3.05, 3.63) is 66.1 Å². The van der Waals surface area contributed by atoms with Gasteiger partial charge in [0.1, 0.15) is 12.4 Å². The van der Waals surface area contributed by atoms with E-state index in [4.69, 9.17) is 4.98 Å². The summed E-state index contributed by atoms with van der Waals surface area (Å²) in [6.07, 6.45) is 1.91. The van der Waals surface area contributed by atoms with Gasteiger partial charge >= 0.3 is 0 Å². The summed E-state index contributed by atoms with van der Waals surface area (Å²) in [4.78, 5) is 23.1. The van der Waals surface area contributed by atoms with E-state index in [1.54, 1.807) is 0 Å². The molecular formula is C23H24N4O. The Labute approximate surface area is 164 Å². The number of amides is 1. The summed E-state index contributed by atoms with van der Waals surface area (Å²) in [7, 11) is 0. The minimum Gasteiger partial charge on any atom is -0.342 e. The van der Waals surface area contributed by atoms with E-state index in [0.717, 1.165) is 54.0 Å². The number of fused-ring (bicyclic) bond motifs is 2. The number of aryl methyl sites for hydroxylation is 1. The minimum atomic E-state index is 0.201. The maximum absolute atomic E-state index is 12.9. The number of carbonyl (C=O) groups excluding carboxylic acids is 1. The number of nitrogens with zero attached hydrogens (tertiary/aromatic N) is 3. The first-order chi connectivity index (χ1) is 13.7. The van der Waals surface area contributed by atoms with Crippen LogP contribution in [0.25, 0.3) is 21.9 Å². The molecule has 2 aromatic carbocycles. The van der Waals surface area contributed by atoms with E-state index in [1.165, 1.54) is 5.39 Å². The molecule has 5 heteroatoms. The standard InChI is InChI=1S/C23H24N4O/c1-16-14-18-6-2-5-9-21(18)27(16)15-22(28)26-12-10-17(11-13-26)23-24-19-7-3-4-8-20(19)25-23/h2-9,14,17H,10-13,15H2,1H3,(H,24,25). The Hall–Kier alpha value is -3.08. The molecule has 0 bridgehead atoms. The van der Waals surface area contributed by atoms with Crippen LogP contribution in [0.4, 0.5) is 0 Å². The first-order valence-corrected chi connectivity index (χ1v) is 9.96. The molecular weight excluding hydrogens is 348 g/mol. The highest BCUT2D eigenvalue weighted by Crippen LogP contribution is 2.28. The molecule has 2 aromatic heterocycles. The van der Waals surface area contributed by atoms with E-state index >= 15 is 0 Å². The molecule has 4 aromatic rings. The van der Waals surface area contributed by atoms with E-state index in [2.05, 4.69) is 40.7 Å². The molecule has 28 heavy (non-hydrogen) atoms. The van der Waals surface area contributed by atoms with E-state index < -0.39 is 0 Å². The molecule has 3 heterocycles. The molecule has 0 unspecified atom stereocenters. The highest BCUT2D eigenvalue weighted by Gasteiger charge is 2.26. The number of hydrogen-bond acceptors (Lipinski definition) is 2. The second kappa shape index (κ2) is 6.82. The Kier molecular flexibility index (Phi) is 4.15. The smallest absolute Gasteiger partial charge is 0.242 e. The summed E-state index contributed by atoms with van der Waals surface area (Å²) in [5, 5.41) is 1.19. The van der Waals surface area contributed by atoms with Crippen molar-refractivity contribution >= 4 is 27.8 Å².